The van der Waals surface area contributed by atoms with Gasteiger partial charge in [-0.25, -0.2) is 15.0 Å². The fourth-order valence-electron chi connectivity index (χ4n) is 4.43. The fourth-order valence-corrected chi connectivity index (χ4v) is 4.43. The average molecular weight is 444 g/mol. The van der Waals surface area contributed by atoms with E-state index in [0.29, 0.717) is 28.1 Å². The summed E-state index contributed by atoms with van der Waals surface area (Å²) >= 11 is 0. The SMILES string of the molecule is Cc1nc2c(-c3ccccc3)c(-c3ccccc3)[nH]n2c(=O)c1-c1ccc2ncnc(N)c2c1. The minimum absolute atomic E-state index is 0.184. The minimum atomic E-state index is -0.184. The van der Waals surface area contributed by atoms with Crippen LogP contribution in [0.15, 0.2) is 90.0 Å². The summed E-state index contributed by atoms with van der Waals surface area (Å²) < 4.78 is 1.53. The molecule has 7 heteroatoms. The third-order valence-electron chi connectivity index (χ3n) is 6.04. The Morgan fingerprint density at radius 3 is 2.26 bits per heavy atom. The monoisotopic (exact) mass is 444 g/mol. The molecule has 164 valence electrons. The quantitative estimate of drug-likeness (QED) is 0.406. The number of benzene rings is 3. The number of H-pyrrole nitrogens is 1. The Kier molecular flexibility index (Phi) is 4.48. The number of rotatable bonds is 3. The van der Waals surface area contributed by atoms with E-state index in [1.165, 1.54) is 10.8 Å². The molecule has 0 aliphatic heterocycles. The van der Waals surface area contributed by atoms with Crippen molar-refractivity contribution in [2.45, 2.75) is 6.92 Å². The molecule has 7 nitrogen and oxygen atoms in total. The number of hydrogen-bond acceptors (Lipinski definition) is 5. The van der Waals surface area contributed by atoms with Crippen molar-refractivity contribution < 1.29 is 0 Å². The van der Waals surface area contributed by atoms with E-state index in [4.69, 9.17) is 10.7 Å². The number of aromatic amines is 1. The van der Waals surface area contributed by atoms with Crippen molar-refractivity contribution >= 4 is 22.4 Å². The van der Waals surface area contributed by atoms with E-state index in [2.05, 4.69) is 15.1 Å². The van der Waals surface area contributed by atoms with Crippen molar-refractivity contribution in [3.8, 4) is 33.5 Å². The highest BCUT2D eigenvalue weighted by Crippen LogP contribution is 2.35. The first kappa shape index (κ1) is 19.9. The number of hydrogen-bond donors (Lipinski definition) is 2. The van der Waals surface area contributed by atoms with Crippen LogP contribution in [0.25, 0.3) is 50.1 Å². The Bertz CT molecular complexity index is 1740. The van der Waals surface area contributed by atoms with Crippen LogP contribution in [0.1, 0.15) is 5.69 Å². The number of aromatic nitrogens is 5. The van der Waals surface area contributed by atoms with Crippen LogP contribution in [0, 0.1) is 6.92 Å². The van der Waals surface area contributed by atoms with Gasteiger partial charge in [-0.15, -0.1) is 0 Å². The molecule has 3 N–H and O–H groups in total. The number of nitrogen functional groups attached to an aromatic ring is 1. The molecule has 0 atom stereocenters. The average Bonchev–Trinajstić information content (AvgIpc) is 3.25. The predicted octanol–water partition coefficient (Wildman–Crippen LogP) is 4.86. The largest absolute Gasteiger partial charge is 0.383 e. The summed E-state index contributed by atoms with van der Waals surface area (Å²) in [5, 5.41) is 4.02. The molecule has 0 saturated carbocycles. The maximum Gasteiger partial charge on any atom is 0.280 e. The lowest BCUT2D eigenvalue weighted by atomic mass is 10.0. The molecule has 0 aliphatic rings. The second-order valence-corrected chi connectivity index (χ2v) is 8.12. The summed E-state index contributed by atoms with van der Waals surface area (Å²) in [7, 11) is 0. The van der Waals surface area contributed by atoms with Crippen molar-refractivity contribution in [2.75, 3.05) is 5.73 Å². The van der Waals surface area contributed by atoms with Gasteiger partial charge in [0.2, 0.25) is 0 Å². The summed E-state index contributed by atoms with van der Waals surface area (Å²) in [6.07, 6.45) is 1.43. The third-order valence-corrected chi connectivity index (χ3v) is 6.04. The third kappa shape index (κ3) is 3.06. The molecule has 3 aromatic carbocycles. The lowest BCUT2D eigenvalue weighted by Gasteiger charge is -2.08. The number of nitrogens with zero attached hydrogens (tertiary/aromatic N) is 4. The molecule has 0 fully saturated rings. The number of nitrogens with one attached hydrogen (secondary N) is 1. The van der Waals surface area contributed by atoms with Crippen LogP contribution in [0.2, 0.25) is 0 Å². The maximum absolute atomic E-state index is 13.8. The lowest BCUT2D eigenvalue weighted by Crippen LogP contribution is -2.19. The zero-order chi connectivity index (χ0) is 23.2. The van der Waals surface area contributed by atoms with Crippen LogP contribution >= 0.6 is 0 Å². The van der Waals surface area contributed by atoms with Gasteiger partial charge >= 0.3 is 0 Å². The molecule has 0 saturated heterocycles. The van der Waals surface area contributed by atoms with Gasteiger partial charge in [-0.05, 0) is 30.2 Å². The Morgan fingerprint density at radius 2 is 1.53 bits per heavy atom. The molecule has 6 aromatic rings. The van der Waals surface area contributed by atoms with Crippen LogP contribution in [-0.2, 0) is 0 Å². The molecule has 3 heterocycles. The number of anilines is 1. The molecule has 0 spiro atoms. The summed E-state index contributed by atoms with van der Waals surface area (Å²) in [6.45, 7) is 1.86. The Labute approximate surface area is 194 Å². The van der Waals surface area contributed by atoms with E-state index in [-0.39, 0.29) is 5.56 Å². The van der Waals surface area contributed by atoms with Crippen molar-refractivity contribution in [2.24, 2.45) is 0 Å². The highest BCUT2D eigenvalue weighted by molar-refractivity contribution is 5.93. The van der Waals surface area contributed by atoms with E-state index in [1.807, 2.05) is 85.8 Å². The Morgan fingerprint density at radius 1 is 0.824 bits per heavy atom. The van der Waals surface area contributed by atoms with Gasteiger partial charge in [0.25, 0.3) is 5.56 Å². The van der Waals surface area contributed by atoms with Crippen molar-refractivity contribution in [1.29, 1.82) is 0 Å². The van der Waals surface area contributed by atoms with E-state index in [1.54, 1.807) is 0 Å². The first-order valence-corrected chi connectivity index (χ1v) is 10.9. The van der Waals surface area contributed by atoms with Crippen molar-refractivity contribution in [1.82, 2.24) is 24.6 Å². The van der Waals surface area contributed by atoms with Crippen molar-refractivity contribution in [3.63, 3.8) is 0 Å². The van der Waals surface area contributed by atoms with E-state index in [9.17, 15) is 4.79 Å². The summed E-state index contributed by atoms with van der Waals surface area (Å²) in [4.78, 5) is 27.1. The zero-order valence-corrected chi connectivity index (χ0v) is 18.4. The molecule has 0 radical (unpaired) electrons. The summed E-state index contributed by atoms with van der Waals surface area (Å²) in [5.74, 6) is 0.372. The Hall–Kier alpha value is -4.78. The molecular formula is C27H20N6O. The molecule has 3 aromatic heterocycles. The smallest absolute Gasteiger partial charge is 0.280 e. The molecule has 6 rings (SSSR count). The summed E-state index contributed by atoms with van der Waals surface area (Å²) in [6, 6.07) is 25.5. The number of aryl methyl sites for hydroxylation is 1. The van der Waals surface area contributed by atoms with Gasteiger partial charge in [-0.2, -0.15) is 4.52 Å². The predicted molar refractivity (Wildman–Crippen MR) is 134 cm³/mol. The molecule has 34 heavy (non-hydrogen) atoms. The van der Waals surface area contributed by atoms with E-state index < -0.39 is 0 Å². The second-order valence-electron chi connectivity index (χ2n) is 8.12. The van der Waals surface area contributed by atoms with Crippen LogP contribution in [0.5, 0.6) is 0 Å². The molecule has 0 unspecified atom stereocenters. The zero-order valence-electron chi connectivity index (χ0n) is 18.4. The number of fused-ring (bicyclic) bond motifs is 2. The molecule has 0 aliphatic carbocycles. The van der Waals surface area contributed by atoms with Gasteiger partial charge in [-0.1, -0.05) is 66.7 Å². The molecule has 0 bridgehead atoms. The van der Waals surface area contributed by atoms with Gasteiger partial charge in [0.15, 0.2) is 5.65 Å². The molecule has 0 amide bonds. The highest BCUT2D eigenvalue weighted by atomic mass is 16.1. The summed E-state index contributed by atoms with van der Waals surface area (Å²) in [5.41, 5.74) is 12.7. The fraction of sp³-hybridized carbons (Fsp3) is 0.0370. The van der Waals surface area contributed by atoms with Gasteiger partial charge < -0.3 is 5.73 Å². The Balaban J connectivity index is 1.66. The maximum atomic E-state index is 13.8. The van der Waals surface area contributed by atoms with Gasteiger partial charge in [0.1, 0.15) is 12.1 Å². The van der Waals surface area contributed by atoms with E-state index >= 15 is 0 Å². The van der Waals surface area contributed by atoms with E-state index in [0.717, 1.165) is 33.5 Å². The van der Waals surface area contributed by atoms with Crippen LogP contribution in [-0.4, -0.2) is 24.6 Å². The first-order valence-electron chi connectivity index (χ1n) is 10.9. The molecular weight excluding hydrogens is 424 g/mol. The lowest BCUT2D eigenvalue weighted by molar-refractivity contribution is 0.897. The van der Waals surface area contributed by atoms with Gasteiger partial charge in [0, 0.05) is 10.9 Å². The first-order chi connectivity index (χ1) is 16.6. The van der Waals surface area contributed by atoms with Crippen LogP contribution in [0.3, 0.4) is 0 Å². The van der Waals surface area contributed by atoms with Crippen LogP contribution in [0.4, 0.5) is 5.82 Å². The highest BCUT2D eigenvalue weighted by Gasteiger charge is 2.21. The number of nitrogens with two attached hydrogens (primary N) is 1. The van der Waals surface area contributed by atoms with Crippen LogP contribution < -0.4 is 11.3 Å². The normalized spacial score (nSPS) is 11.3. The van der Waals surface area contributed by atoms with Gasteiger partial charge in [-0.3, -0.25) is 9.89 Å². The topological polar surface area (TPSA) is 102 Å². The van der Waals surface area contributed by atoms with Gasteiger partial charge in [0.05, 0.1) is 28.0 Å². The second kappa shape index (κ2) is 7.67. The van der Waals surface area contributed by atoms with Crippen molar-refractivity contribution in [3.05, 3.63) is 101 Å². The minimum Gasteiger partial charge on any atom is -0.383 e. The standard InChI is InChI=1S/C27H20N6O/c1-16-22(19-12-13-21-20(14-19)25(28)30-15-29-21)27(34)33-26(31-16)23(17-8-4-2-5-9-17)24(32-33)18-10-6-3-7-11-18/h2-15,32H,1H3,(H2,28,29,30).